The molecule has 2 rings (SSSR count). The fraction of sp³-hybridized carbons (Fsp3) is 0.500. The van der Waals surface area contributed by atoms with E-state index in [9.17, 15) is 0 Å². The number of hydrogen-bond donors (Lipinski definition) is 2. The van der Waals surface area contributed by atoms with E-state index < -0.39 is 0 Å². The molecule has 0 saturated heterocycles. The Labute approximate surface area is 148 Å². The van der Waals surface area contributed by atoms with E-state index in [2.05, 4.69) is 27.9 Å². The minimum Gasteiger partial charge on any atom is -0.490 e. The van der Waals surface area contributed by atoms with Crippen LogP contribution in [0.4, 0.5) is 10.8 Å². The zero-order chi connectivity index (χ0) is 17.2. The van der Waals surface area contributed by atoms with Crippen LogP contribution in [0.2, 0.25) is 0 Å². The molecule has 2 aromatic rings. The molecule has 6 heteroatoms. The van der Waals surface area contributed by atoms with E-state index in [0.29, 0.717) is 13.2 Å². The molecule has 0 bridgehead atoms. The molecule has 0 amide bonds. The van der Waals surface area contributed by atoms with E-state index in [-0.39, 0.29) is 0 Å². The molecule has 0 radical (unpaired) electrons. The van der Waals surface area contributed by atoms with Crippen LogP contribution < -0.4 is 20.1 Å². The zero-order valence-corrected chi connectivity index (χ0v) is 15.5. The summed E-state index contributed by atoms with van der Waals surface area (Å²) in [6.45, 7) is 9.36. The van der Waals surface area contributed by atoms with E-state index >= 15 is 0 Å². The Morgan fingerprint density at radius 3 is 2.58 bits per heavy atom. The van der Waals surface area contributed by atoms with E-state index in [0.717, 1.165) is 53.9 Å². The van der Waals surface area contributed by atoms with Gasteiger partial charge in [0.1, 0.15) is 0 Å². The molecular weight excluding hydrogens is 322 g/mol. The predicted molar refractivity (Wildman–Crippen MR) is 101 cm³/mol. The molecule has 5 nitrogen and oxygen atoms in total. The van der Waals surface area contributed by atoms with Crippen LogP contribution in [0.25, 0.3) is 0 Å². The van der Waals surface area contributed by atoms with Crippen LogP contribution >= 0.6 is 11.3 Å². The summed E-state index contributed by atoms with van der Waals surface area (Å²) < 4.78 is 11.2. The van der Waals surface area contributed by atoms with Gasteiger partial charge in [-0.25, -0.2) is 4.98 Å². The Morgan fingerprint density at radius 1 is 1.04 bits per heavy atom. The Balaban J connectivity index is 1.97. The monoisotopic (exact) mass is 349 g/mol. The second-order valence-corrected chi connectivity index (χ2v) is 6.15. The summed E-state index contributed by atoms with van der Waals surface area (Å²) in [5.74, 6) is 1.52. The molecular formula is C18H27N3O2S. The van der Waals surface area contributed by atoms with Crippen molar-refractivity contribution in [2.75, 3.05) is 31.6 Å². The molecule has 0 saturated carbocycles. The largest absolute Gasteiger partial charge is 0.490 e. The number of thiazole rings is 1. The molecule has 1 heterocycles. The van der Waals surface area contributed by atoms with Crippen molar-refractivity contribution in [2.45, 2.75) is 33.6 Å². The smallest absolute Gasteiger partial charge is 0.187 e. The molecule has 1 aromatic heterocycles. The summed E-state index contributed by atoms with van der Waals surface area (Å²) in [6.07, 6.45) is 2.11. The molecule has 132 valence electrons. The summed E-state index contributed by atoms with van der Waals surface area (Å²) in [4.78, 5) is 4.63. The SMILES string of the molecule is CCCNCCc1csc(Nc2ccc(OCC)c(OCC)c2)n1. The first-order valence-electron chi connectivity index (χ1n) is 8.58. The van der Waals surface area contributed by atoms with Gasteiger partial charge in [0, 0.05) is 30.1 Å². The maximum atomic E-state index is 5.66. The van der Waals surface area contributed by atoms with Crippen LogP contribution in [0.15, 0.2) is 23.6 Å². The van der Waals surface area contributed by atoms with Crippen molar-refractivity contribution in [3.05, 3.63) is 29.3 Å². The average molecular weight is 350 g/mol. The van der Waals surface area contributed by atoms with Crippen LogP contribution in [-0.2, 0) is 6.42 Å². The van der Waals surface area contributed by atoms with Gasteiger partial charge in [0.2, 0.25) is 0 Å². The fourth-order valence-electron chi connectivity index (χ4n) is 2.25. The predicted octanol–water partition coefficient (Wildman–Crippen LogP) is 4.23. The Hall–Kier alpha value is -1.79. The molecule has 0 aliphatic rings. The number of benzene rings is 1. The van der Waals surface area contributed by atoms with Gasteiger partial charge in [-0.15, -0.1) is 11.3 Å². The van der Waals surface area contributed by atoms with Crippen molar-refractivity contribution in [2.24, 2.45) is 0 Å². The highest BCUT2D eigenvalue weighted by atomic mass is 32.1. The summed E-state index contributed by atoms with van der Waals surface area (Å²) >= 11 is 1.62. The average Bonchev–Trinajstić information content (AvgIpc) is 3.02. The maximum Gasteiger partial charge on any atom is 0.187 e. The second kappa shape index (κ2) is 10.2. The first-order chi connectivity index (χ1) is 11.8. The summed E-state index contributed by atoms with van der Waals surface area (Å²) in [6, 6.07) is 5.87. The number of rotatable bonds is 11. The lowest BCUT2D eigenvalue weighted by atomic mass is 10.2. The zero-order valence-electron chi connectivity index (χ0n) is 14.7. The lowest BCUT2D eigenvalue weighted by Crippen LogP contribution is -2.17. The third-order valence-corrected chi connectivity index (χ3v) is 4.14. The standard InChI is InChI=1S/C18H27N3O2S/c1-4-10-19-11-9-15-13-24-18(21-15)20-14-7-8-16(22-5-2)17(12-14)23-6-3/h7-8,12-13,19H,4-6,9-11H2,1-3H3,(H,20,21). The number of aromatic nitrogens is 1. The van der Waals surface area contributed by atoms with E-state index in [1.165, 1.54) is 0 Å². The van der Waals surface area contributed by atoms with Crippen molar-refractivity contribution >= 4 is 22.2 Å². The fourth-order valence-corrected chi connectivity index (χ4v) is 3.01. The Morgan fingerprint density at radius 2 is 1.83 bits per heavy atom. The van der Waals surface area contributed by atoms with Crippen molar-refractivity contribution < 1.29 is 9.47 Å². The van der Waals surface area contributed by atoms with Crippen molar-refractivity contribution in [3.8, 4) is 11.5 Å². The molecule has 0 fully saturated rings. The van der Waals surface area contributed by atoms with Gasteiger partial charge in [-0.1, -0.05) is 6.92 Å². The quantitative estimate of drug-likeness (QED) is 0.595. The second-order valence-electron chi connectivity index (χ2n) is 5.30. The molecule has 0 aliphatic heterocycles. The van der Waals surface area contributed by atoms with Crippen molar-refractivity contribution in [1.82, 2.24) is 10.3 Å². The topological polar surface area (TPSA) is 55.4 Å². The third kappa shape index (κ3) is 5.69. The van der Waals surface area contributed by atoms with Crippen LogP contribution in [0.1, 0.15) is 32.9 Å². The molecule has 2 N–H and O–H groups in total. The van der Waals surface area contributed by atoms with Crippen LogP contribution in [-0.4, -0.2) is 31.3 Å². The minimum atomic E-state index is 0.607. The van der Waals surface area contributed by atoms with Gasteiger partial charge in [0.05, 0.1) is 18.9 Å². The first kappa shape index (κ1) is 18.5. The maximum absolute atomic E-state index is 5.66. The number of nitrogens with one attached hydrogen (secondary N) is 2. The van der Waals surface area contributed by atoms with Gasteiger partial charge in [-0.05, 0) is 38.9 Å². The first-order valence-corrected chi connectivity index (χ1v) is 9.46. The highest BCUT2D eigenvalue weighted by molar-refractivity contribution is 7.13. The van der Waals surface area contributed by atoms with Crippen LogP contribution in [0.5, 0.6) is 11.5 Å². The van der Waals surface area contributed by atoms with Gasteiger partial charge in [-0.2, -0.15) is 0 Å². The highest BCUT2D eigenvalue weighted by Gasteiger charge is 2.08. The lowest BCUT2D eigenvalue weighted by Gasteiger charge is -2.12. The summed E-state index contributed by atoms with van der Waals surface area (Å²) in [5, 5.41) is 9.74. The number of anilines is 2. The van der Waals surface area contributed by atoms with Crippen LogP contribution in [0, 0.1) is 0 Å². The number of nitrogens with zero attached hydrogens (tertiary/aromatic N) is 1. The number of hydrogen-bond acceptors (Lipinski definition) is 6. The van der Waals surface area contributed by atoms with Gasteiger partial charge in [-0.3, -0.25) is 0 Å². The van der Waals surface area contributed by atoms with Gasteiger partial charge >= 0.3 is 0 Å². The molecule has 0 unspecified atom stereocenters. The Kier molecular flexibility index (Phi) is 7.85. The molecule has 0 atom stereocenters. The molecule has 0 spiro atoms. The highest BCUT2D eigenvalue weighted by Crippen LogP contribution is 2.32. The minimum absolute atomic E-state index is 0.607. The van der Waals surface area contributed by atoms with E-state index in [4.69, 9.17) is 9.47 Å². The molecule has 1 aromatic carbocycles. The van der Waals surface area contributed by atoms with Gasteiger partial charge in [0.15, 0.2) is 16.6 Å². The molecule has 24 heavy (non-hydrogen) atoms. The van der Waals surface area contributed by atoms with Gasteiger partial charge in [0.25, 0.3) is 0 Å². The Bertz CT molecular complexity index is 616. The normalized spacial score (nSPS) is 10.6. The number of ether oxygens (including phenoxy) is 2. The summed E-state index contributed by atoms with van der Waals surface area (Å²) in [7, 11) is 0. The van der Waals surface area contributed by atoms with Gasteiger partial charge < -0.3 is 20.1 Å². The molecule has 0 aliphatic carbocycles. The third-order valence-electron chi connectivity index (χ3n) is 3.33. The summed E-state index contributed by atoms with van der Waals surface area (Å²) in [5.41, 5.74) is 2.06. The van der Waals surface area contributed by atoms with E-state index in [1.807, 2.05) is 32.0 Å². The van der Waals surface area contributed by atoms with E-state index in [1.54, 1.807) is 11.3 Å². The van der Waals surface area contributed by atoms with Crippen molar-refractivity contribution in [3.63, 3.8) is 0 Å². The van der Waals surface area contributed by atoms with Crippen LogP contribution in [0.3, 0.4) is 0 Å². The van der Waals surface area contributed by atoms with Crippen molar-refractivity contribution in [1.29, 1.82) is 0 Å². The lowest BCUT2D eigenvalue weighted by molar-refractivity contribution is 0.288.